The largest absolute Gasteiger partial charge is 0.508 e. The van der Waals surface area contributed by atoms with Gasteiger partial charge in [-0.15, -0.1) is 11.6 Å². The Morgan fingerprint density at radius 2 is 2.06 bits per heavy atom. The summed E-state index contributed by atoms with van der Waals surface area (Å²) in [4.78, 5) is 22.3. The fourth-order valence-electron chi connectivity index (χ4n) is 1.44. The number of hydrogen-bond donors (Lipinski definition) is 2. The van der Waals surface area contributed by atoms with Crippen LogP contribution in [0, 0.1) is 0 Å². The number of Topliss-reactive ketones (excluding diaryl/α,β-unsaturated/α-hetero) is 1. The van der Waals surface area contributed by atoms with Crippen molar-refractivity contribution in [2.24, 2.45) is 0 Å². The molecule has 0 atom stereocenters. The topological polar surface area (TPSA) is 66.4 Å². The maximum Gasteiger partial charge on any atom is 0.221 e. The van der Waals surface area contributed by atoms with Crippen molar-refractivity contribution in [3.8, 4) is 5.75 Å². The quantitative estimate of drug-likeness (QED) is 0.819. The van der Waals surface area contributed by atoms with Crippen molar-refractivity contribution < 1.29 is 14.7 Å². The van der Waals surface area contributed by atoms with Crippen LogP contribution in [-0.4, -0.2) is 22.7 Å². The zero-order valence-corrected chi connectivity index (χ0v) is 11.3. The van der Waals surface area contributed by atoms with Crippen molar-refractivity contribution >= 4 is 40.6 Å². The SMILES string of the molecule is CC(=O)Nc1cc(O)c(CC(=O)CCCl)cc1Cl. The van der Waals surface area contributed by atoms with Crippen LogP contribution >= 0.6 is 23.2 Å². The van der Waals surface area contributed by atoms with E-state index in [1.165, 1.54) is 19.1 Å². The number of amides is 1. The highest BCUT2D eigenvalue weighted by molar-refractivity contribution is 6.33. The summed E-state index contributed by atoms with van der Waals surface area (Å²) in [5.74, 6) is -0.200. The molecule has 0 bridgehead atoms. The number of nitrogens with one attached hydrogen (secondary N) is 1. The van der Waals surface area contributed by atoms with Crippen LogP contribution in [-0.2, 0) is 16.0 Å². The van der Waals surface area contributed by atoms with E-state index in [4.69, 9.17) is 23.2 Å². The van der Waals surface area contributed by atoms with E-state index in [0.29, 0.717) is 11.3 Å². The van der Waals surface area contributed by atoms with Crippen molar-refractivity contribution in [3.63, 3.8) is 0 Å². The van der Waals surface area contributed by atoms with Crippen molar-refractivity contribution in [1.82, 2.24) is 0 Å². The van der Waals surface area contributed by atoms with E-state index in [1.807, 2.05) is 0 Å². The Bertz CT molecular complexity index is 475. The minimum Gasteiger partial charge on any atom is -0.508 e. The van der Waals surface area contributed by atoms with E-state index in [9.17, 15) is 14.7 Å². The monoisotopic (exact) mass is 289 g/mol. The molecule has 0 aliphatic carbocycles. The highest BCUT2D eigenvalue weighted by Gasteiger charge is 2.12. The van der Waals surface area contributed by atoms with Gasteiger partial charge in [0.25, 0.3) is 0 Å². The number of carbonyl (C=O) groups excluding carboxylic acids is 2. The lowest BCUT2D eigenvalue weighted by Gasteiger charge is -2.09. The Morgan fingerprint density at radius 1 is 1.39 bits per heavy atom. The molecule has 0 fully saturated rings. The van der Waals surface area contributed by atoms with Crippen molar-refractivity contribution in [2.45, 2.75) is 19.8 Å². The Morgan fingerprint density at radius 3 is 2.61 bits per heavy atom. The lowest BCUT2D eigenvalue weighted by molar-refractivity contribution is -0.118. The van der Waals surface area contributed by atoms with Crippen LogP contribution in [0.5, 0.6) is 5.75 Å². The van der Waals surface area contributed by atoms with Gasteiger partial charge in [-0.3, -0.25) is 9.59 Å². The van der Waals surface area contributed by atoms with E-state index >= 15 is 0 Å². The van der Waals surface area contributed by atoms with Gasteiger partial charge in [-0.2, -0.15) is 0 Å². The van der Waals surface area contributed by atoms with Crippen molar-refractivity contribution in [1.29, 1.82) is 0 Å². The van der Waals surface area contributed by atoms with Gasteiger partial charge in [0.05, 0.1) is 10.7 Å². The first-order valence-corrected chi connectivity index (χ1v) is 6.22. The van der Waals surface area contributed by atoms with Gasteiger partial charge in [-0.25, -0.2) is 0 Å². The Labute approximate surface area is 115 Å². The third-order valence-corrected chi connectivity index (χ3v) is 2.74. The molecular formula is C12H13Cl2NO3. The van der Waals surface area contributed by atoms with Gasteiger partial charge in [0.15, 0.2) is 0 Å². The molecule has 0 aromatic heterocycles. The average molecular weight is 290 g/mol. The summed E-state index contributed by atoms with van der Waals surface area (Å²) in [5, 5.41) is 12.5. The number of phenolic OH excluding ortho intramolecular Hbond substituents is 1. The van der Waals surface area contributed by atoms with E-state index in [2.05, 4.69) is 5.32 Å². The summed E-state index contributed by atoms with van der Waals surface area (Å²) < 4.78 is 0. The minimum atomic E-state index is -0.290. The van der Waals surface area contributed by atoms with Crippen LogP contribution in [0.4, 0.5) is 5.69 Å². The number of hydrogen-bond acceptors (Lipinski definition) is 3. The molecule has 0 spiro atoms. The second-order valence-corrected chi connectivity index (χ2v) is 4.58. The number of phenols is 1. The van der Waals surface area contributed by atoms with Crippen LogP contribution in [0.1, 0.15) is 18.9 Å². The molecule has 1 aromatic carbocycles. The zero-order chi connectivity index (χ0) is 13.7. The molecule has 0 unspecified atom stereocenters. The molecule has 1 aromatic rings. The lowest BCUT2D eigenvalue weighted by Crippen LogP contribution is -2.07. The molecule has 0 heterocycles. The molecule has 18 heavy (non-hydrogen) atoms. The molecule has 98 valence electrons. The number of ketones is 1. The summed E-state index contributed by atoms with van der Waals surface area (Å²) in [6, 6.07) is 2.79. The molecule has 2 N–H and O–H groups in total. The van der Waals surface area contributed by atoms with Gasteiger partial charge >= 0.3 is 0 Å². The van der Waals surface area contributed by atoms with E-state index < -0.39 is 0 Å². The summed E-state index contributed by atoms with van der Waals surface area (Å²) in [6.45, 7) is 1.34. The number of alkyl halides is 1. The molecule has 6 heteroatoms. The number of aromatic hydroxyl groups is 1. The van der Waals surface area contributed by atoms with Crippen molar-refractivity contribution in [2.75, 3.05) is 11.2 Å². The first-order valence-electron chi connectivity index (χ1n) is 5.30. The van der Waals surface area contributed by atoms with E-state index in [0.717, 1.165) is 0 Å². The Kier molecular flexibility index (Phi) is 5.44. The van der Waals surface area contributed by atoms with E-state index in [-0.39, 0.29) is 41.2 Å². The Balaban J connectivity index is 2.92. The lowest BCUT2D eigenvalue weighted by atomic mass is 10.1. The number of anilines is 1. The third-order valence-electron chi connectivity index (χ3n) is 2.24. The molecule has 0 aliphatic heterocycles. The number of carbonyl (C=O) groups is 2. The Hall–Kier alpha value is -1.26. The van der Waals surface area contributed by atoms with Crippen LogP contribution in [0.2, 0.25) is 5.02 Å². The standard InChI is InChI=1S/C12H13Cl2NO3/c1-7(16)15-11-6-12(18)8(5-10(11)14)4-9(17)2-3-13/h5-6,18H,2-4H2,1H3,(H,15,16). The van der Waals surface area contributed by atoms with Crippen LogP contribution in [0.3, 0.4) is 0 Å². The minimum absolute atomic E-state index is 0.0681. The van der Waals surface area contributed by atoms with Gasteiger partial charge in [-0.05, 0) is 6.07 Å². The molecule has 0 aliphatic rings. The summed E-state index contributed by atoms with van der Waals surface area (Å²) in [7, 11) is 0. The maximum atomic E-state index is 11.4. The fourth-order valence-corrected chi connectivity index (χ4v) is 1.88. The van der Waals surface area contributed by atoms with Gasteiger partial charge in [0, 0.05) is 37.3 Å². The predicted octanol–water partition coefficient (Wildman–Crippen LogP) is 2.74. The predicted molar refractivity (Wildman–Crippen MR) is 71.5 cm³/mol. The van der Waals surface area contributed by atoms with Gasteiger partial charge in [0.2, 0.25) is 5.91 Å². The number of rotatable bonds is 5. The normalized spacial score (nSPS) is 10.2. The first-order chi connectivity index (χ1) is 8.43. The van der Waals surface area contributed by atoms with Crippen LogP contribution in [0.25, 0.3) is 0 Å². The second kappa shape index (κ2) is 6.61. The third kappa shape index (κ3) is 4.20. The maximum absolute atomic E-state index is 11.4. The average Bonchev–Trinajstić information content (AvgIpc) is 2.25. The van der Waals surface area contributed by atoms with Crippen molar-refractivity contribution in [3.05, 3.63) is 22.7 Å². The van der Waals surface area contributed by atoms with Gasteiger partial charge in [0.1, 0.15) is 11.5 Å². The summed E-state index contributed by atoms with van der Waals surface area (Å²) in [6.07, 6.45) is 0.310. The van der Waals surface area contributed by atoms with E-state index in [1.54, 1.807) is 0 Å². The summed E-state index contributed by atoms with van der Waals surface area (Å²) >= 11 is 11.4. The number of halogens is 2. The van der Waals surface area contributed by atoms with Crippen LogP contribution in [0.15, 0.2) is 12.1 Å². The van der Waals surface area contributed by atoms with Crippen LogP contribution < -0.4 is 5.32 Å². The molecule has 0 radical (unpaired) electrons. The first kappa shape index (κ1) is 14.8. The smallest absolute Gasteiger partial charge is 0.221 e. The fraction of sp³-hybridized carbons (Fsp3) is 0.333. The molecule has 1 amide bonds. The zero-order valence-electron chi connectivity index (χ0n) is 9.80. The summed E-state index contributed by atoms with van der Waals surface area (Å²) in [5.41, 5.74) is 0.736. The molecule has 1 rings (SSSR count). The number of benzene rings is 1. The molecular weight excluding hydrogens is 277 g/mol. The molecule has 0 saturated carbocycles. The highest BCUT2D eigenvalue weighted by Crippen LogP contribution is 2.30. The molecule has 4 nitrogen and oxygen atoms in total. The van der Waals surface area contributed by atoms with Gasteiger partial charge in [-0.1, -0.05) is 11.6 Å². The second-order valence-electron chi connectivity index (χ2n) is 3.80. The highest BCUT2D eigenvalue weighted by atomic mass is 35.5. The molecule has 0 saturated heterocycles. The van der Waals surface area contributed by atoms with Gasteiger partial charge < -0.3 is 10.4 Å².